The number of phenolic OH excluding ortho intramolecular Hbond substituents is 1. The molecule has 1 N–H and O–H groups in total. The minimum absolute atomic E-state index is 0. The van der Waals surface area contributed by atoms with E-state index in [-0.39, 0.29) is 38.3 Å². The van der Waals surface area contributed by atoms with Gasteiger partial charge in [-0.25, -0.2) is 9.97 Å². The molecule has 0 saturated carbocycles. The molecule has 2 atom stereocenters. The van der Waals surface area contributed by atoms with Crippen LogP contribution in [0.3, 0.4) is 0 Å². The van der Waals surface area contributed by atoms with Crippen LogP contribution in [-0.2, 0) is 19.1 Å². The highest BCUT2D eigenvalue weighted by Crippen LogP contribution is 2.26. The van der Waals surface area contributed by atoms with Crippen molar-refractivity contribution in [2.45, 2.75) is 47.5 Å². The Hall–Kier alpha value is -3.96. The van der Waals surface area contributed by atoms with Gasteiger partial charge in [-0.15, -0.1) is 0 Å². The summed E-state index contributed by atoms with van der Waals surface area (Å²) in [7, 11) is 0. The Morgan fingerprint density at radius 2 is 1.17 bits per heavy atom. The van der Waals surface area contributed by atoms with Crippen LogP contribution in [0.4, 0.5) is 0 Å². The summed E-state index contributed by atoms with van der Waals surface area (Å²) in [6.07, 6.45) is 0. The van der Waals surface area contributed by atoms with Crippen molar-refractivity contribution >= 4 is 34.0 Å². The number of rotatable bonds is 4. The predicted octanol–water partition coefficient (Wildman–Crippen LogP) is 4.87. The van der Waals surface area contributed by atoms with Crippen LogP contribution < -0.4 is 0 Å². The first kappa shape index (κ1) is 32.6. The summed E-state index contributed by atoms with van der Waals surface area (Å²) in [5, 5.41) is 9.42. The molecule has 0 spiro atoms. The predicted molar refractivity (Wildman–Crippen MR) is 160 cm³/mol. The average Bonchev–Trinajstić information content (AvgIpc) is 3.60. The number of hydrogen-bond acceptors (Lipinski definition) is 9. The zero-order chi connectivity index (χ0) is 28.2. The zero-order valence-electron chi connectivity index (χ0n) is 23.0. The van der Waals surface area contributed by atoms with Gasteiger partial charge in [-0.2, -0.15) is 0 Å². The van der Waals surface area contributed by atoms with E-state index in [9.17, 15) is 14.7 Å². The van der Waals surface area contributed by atoms with Crippen molar-refractivity contribution in [3.8, 4) is 5.75 Å². The molecule has 4 aromatic rings. The number of aryl methyl sites for hydroxylation is 1. The molecule has 2 fully saturated rings. The van der Waals surface area contributed by atoms with E-state index in [0.717, 1.165) is 16.7 Å². The largest absolute Gasteiger partial charge is 0.508 e. The lowest BCUT2D eigenvalue weighted by Crippen LogP contribution is -2.42. The SMILES string of the molecule is C.C.CC(C(=O)N1CCOCC1)c1nc2cc(O)ccc2o1.Cc1ccc2oc(C(C)C(=O)N3CCOCC3)nc2c1. The molecule has 2 aliphatic rings. The number of ether oxygens (including phenoxy) is 2. The maximum Gasteiger partial charge on any atom is 0.234 e. The van der Waals surface area contributed by atoms with Gasteiger partial charge in [0.05, 0.1) is 26.4 Å². The zero-order valence-corrected chi connectivity index (χ0v) is 23.0. The summed E-state index contributed by atoms with van der Waals surface area (Å²) in [4.78, 5) is 37.1. The van der Waals surface area contributed by atoms with Crippen LogP contribution >= 0.6 is 0 Å². The fourth-order valence-corrected chi connectivity index (χ4v) is 4.69. The van der Waals surface area contributed by atoms with Crippen molar-refractivity contribution in [3.05, 3.63) is 53.7 Å². The highest BCUT2D eigenvalue weighted by molar-refractivity contribution is 5.84. The third-order valence-corrected chi connectivity index (χ3v) is 7.07. The summed E-state index contributed by atoms with van der Waals surface area (Å²) in [6, 6.07) is 10.5. The Kier molecular flexibility index (Phi) is 11.1. The number of oxazole rings is 2. The number of nitrogens with zero attached hydrogens (tertiary/aromatic N) is 4. The lowest BCUT2D eigenvalue weighted by Gasteiger charge is -2.28. The number of amides is 2. The second kappa shape index (κ2) is 14.3. The summed E-state index contributed by atoms with van der Waals surface area (Å²) in [5.74, 6) is 0.234. The summed E-state index contributed by atoms with van der Waals surface area (Å²) in [5.41, 5.74) is 3.79. The van der Waals surface area contributed by atoms with Gasteiger partial charge in [-0.3, -0.25) is 9.59 Å². The molecule has 11 heteroatoms. The lowest BCUT2D eigenvalue weighted by molar-refractivity contribution is -0.137. The molecule has 0 aliphatic carbocycles. The van der Waals surface area contributed by atoms with Crippen molar-refractivity contribution in [2.75, 3.05) is 52.6 Å². The van der Waals surface area contributed by atoms with E-state index in [2.05, 4.69) is 9.97 Å². The van der Waals surface area contributed by atoms with Crippen molar-refractivity contribution < 1.29 is 33.0 Å². The van der Waals surface area contributed by atoms with E-state index in [0.29, 0.717) is 75.5 Å². The number of carbonyl (C=O) groups is 2. The topological polar surface area (TPSA) is 131 Å². The molecule has 6 rings (SSSR count). The first-order chi connectivity index (χ1) is 19.3. The molecule has 4 heterocycles. The number of hydrogen-bond donors (Lipinski definition) is 1. The number of phenols is 1. The molecule has 228 valence electrons. The standard InChI is InChI=1S/C15H18N2O3.C14H16N2O4.2CH4/c1-10-3-4-13-12(9-10)16-14(20-13)11(2)15(18)17-5-7-19-8-6-17;1-9(14(18)16-4-6-19-7-5-16)13-15-11-8-10(17)2-3-12(11)20-13;;/h3-4,9,11H,5-8H2,1-2H3;2-3,8-9,17H,4-7H2,1H3;2*1H4. The molecule has 0 radical (unpaired) electrons. The second-order valence-corrected chi connectivity index (χ2v) is 10.0. The maximum absolute atomic E-state index is 12.4. The monoisotopic (exact) mass is 582 g/mol. The Labute approximate surface area is 246 Å². The number of fused-ring (bicyclic) bond motifs is 2. The molecule has 42 heavy (non-hydrogen) atoms. The van der Waals surface area contributed by atoms with Crippen LogP contribution in [0, 0.1) is 6.92 Å². The maximum atomic E-state index is 12.4. The third-order valence-electron chi connectivity index (χ3n) is 7.07. The lowest BCUT2D eigenvalue weighted by atomic mass is 10.1. The third kappa shape index (κ3) is 7.27. The Balaban J connectivity index is 0.000000220. The number of morpholine rings is 2. The van der Waals surface area contributed by atoms with E-state index in [1.54, 1.807) is 17.9 Å². The Morgan fingerprint density at radius 1 is 0.738 bits per heavy atom. The van der Waals surface area contributed by atoms with E-state index < -0.39 is 5.92 Å². The van der Waals surface area contributed by atoms with Gasteiger partial charge in [0.1, 0.15) is 28.6 Å². The first-order valence-electron chi connectivity index (χ1n) is 13.5. The second-order valence-electron chi connectivity index (χ2n) is 10.0. The molecule has 2 aliphatic heterocycles. The van der Waals surface area contributed by atoms with Crippen molar-refractivity contribution in [1.29, 1.82) is 0 Å². The van der Waals surface area contributed by atoms with E-state index >= 15 is 0 Å². The van der Waals surface area contributed by atoms with E-state index in [4.69, 9.17) is 18.3 Å². The van der Waals surface area contributed by atoms with E-state index in [1.807, 2.05) is 36.9 Å². The van der Waals surface area contributed by atoms with Gasteiger partial charge in [0, 0.05) is 32.2 Å². The molecular weight excluding hydrogens is 540 g/mol. The van der Waals surface area contributed by atoms with Crippen molar-refractivity contribution in [1.82, 2.24) is 19.8 Å². The van der Waals surface area contributed by atoms with Crippen LogP contribution in [0.25, 0.3) is 22.2 Å². The van der Waals surface area contributed by atoms with Gasteiger partial charge >= 0.3 is 0 Å². The smallest absolute Gasteiger partial charge is 0.234 e. The fourth-order valence-electron chi connectivity index (χ4n) is 4.69. The highest BCUT2D eigenvalue weighted by atomic mass is 16.5. The number of aromatic hydroxyl groups is 1. The van der Waals surface area contributed by atoms with Gasteiger partial charge in [-0.05, 0) is 50.6 Å². The van der Waals surface area contributed by atoms with Crippen LogP contribution in [-0.4, -0.2) is 89.3 Å². The minimum Gasteiger partial charge on any atom is -0.508 e. The molecule has 2 aromatic carbocycles. The number of carbonyl (C=O) groups excluding carboxylic acids is 2. The highest BCUT2D eigenvalue weighted by Gasteiger charge is 2.28. The van der Waals surface area contributed by atoms with Crippen molar-refractivity contribution in [3.63, 3.8) is 0 Å². The summed E-state index contributed by atoms with van der Waals surface area (Å²) < 4.78 is 21.8. The molecule has 2 saturated heterocycles. The molecule has 2 unspecified atom stereocenters. The van der Waals surface area contributed by atoms with E-state index in [1.165, 1.54) is 12.1 Å². The van der Waals surface area contributed by atoms with Crippen LogP contribution in [0.1, 0.15) is 57.9 Å². The number of benzene rings is 2. The normalized spacial score (nSPS) is 16.5. The Morgan fingerprint density at radius 3 is 1.64 bits per heavy atom. The van der Waals surface area contributed by atoms with Gasteiger partial charge in [0.15, 0.2) is 11.2 Å². The summed E-state index contributed by atoms with van der Waals surface area (Å²) >= 11 is 0. The number of aromatic nitrogens is 2. The van der Waals surface area contributed by atoms with Gasteiger partial charge in [0.2, 0.25) is 23.6 Å². The minimum atomic E-state index is -0.442. The van der Waals surface area contributed by atoms with Crippen LogP contribution in [0.5, 0.6) is 5.75 Å². The molecular formula is C31H42N4O7. The molecule has 2 amide bonds. The van der Waals surface area contributed by atoms with Crippen molar-refractivity contribution in [2.24, 2.45) is 0 Å². The van der Waals surface area contributed by atoms with Crippen LogP contribution in [0.15, 0.2) is 45.2 Å². The first-order valence-corrected chi connectivity index (χ1v) is 13.5. The Bertz CT molecular complexity index is 1370. The quantitative estimate of drug-likeness (QED) is 0.358. The summed E-state index contributed by atoms with van der Waals surface area (Å²) in [6.45, 7) is 10.5. The molecule has 0 bridgehead atoms. The fraction of sp³-hybridized carbons (Fsp3) is 0.484. The molecule has 2 aromatic heterocycles. The van der Waals surface area contributed by atoms with Gasteiger partial charge < -0.3 is 33.2 Å². The van der Waals surface area contributed by atoms with Crippen LogP contribution in [0.2, 0.25) is 0 Å². The average molecular weight is 583 g/mol. The molecule has 11 nitrogen and oxygen atoms in total. The van der Waals surface area contributed by atoms with Gasteiger partial charge in [-0.1, -0.05) is 20.9 Å². The van der Waals surface area contributed by atoms with Gasteiger partial charge in [0.25, 0.3) is 0 Å².